The molecule has 0 bridgehead atoms. The van der Waals surface area contributed by atoms with Crippen molar-refractivity contribution in [2.75, 3.05) is 26.7 Å². The van der Waals surface area contributed by atoms with Crippen LogP contribution in [0.5, 0.6) is 0 Å². The Labute approximate surface area is 109 Å². The summed E-state index contributed by atoms with van der Waals surface area (Å²) in [6.45, 7) is 5.65. The van der Waals surface area contributed by atoms with E-state index in [1.54, 1.807) is 0 Å². The van der Waals surface area contributed by atoms with Gasteiger partial charge in [0.1, 0.15) is 0 Å². The van der Waals surface area contributed by atoms with Crippen LogP contribution < -0.4 is 5.32 Å². The molecule has 1 fully saturated rings. The lowest BCUT2D eigenvalue weighted by Crippen LogP contribution is -2.29. The number of nitrogens with zero attached hydrogens (tertiary/aromatic N) is 1. The molecule has 1 aliphatic rings. The van der Waals surface area contributed by atoms with Crippen molar-refractivity contribution < 1.29 is 0 Å². The number of hydrogen-bond donors (Lipinski definition) is 1. The van der Waals surface area contributed by atoms with Gasteiger partial charge in [-0.2, -0.15) is 0 Å². The number of likely N-dealkylation sites (tertiary alicyclic amines) is 1. The van der Waals surface area contributed by atoms with Crippen LogP contribution in [0.4, 0.5) is 0 Å². The Morgan fingerprint density at radius 2 is 2.06 bits per heavy atom. The summed E-state index contributed by atoms with van der Waals surface area (Å²) in [5.74, 6) is 0.709. The van der Waals surface area contributed by atoms with Crippen molar-refractivity contribution in [2.45, 2.75) is 19.4 Å². The molecule has 2 nitrogen and oxygen atoms in total. The monoisotopic (exact) mass is 252 g/mol. The van der Waals surface area contributed by atoms with Crippen LogP contribution in [0.1, 0.15) is 24.9 Å². The fraction of sp³-hybridized carbons (Fsp3) is 0.571. The summed E-state index contributed by atoms with van der Waals surface area (Å²) in [6, 6.07) is 8.89. The van der Waals surface area contributed by atoms with Gasteiger partial charge < -0.3 is 5.32 Å². The van der Waals surface area contributed by atoms with Crippen molar-refractivity contribution in [3.05, 3.63) is 34.9 Å². The van der Waals surface area contributed by atoms with Crippen LogP contribution in [0.2, 0.25) is 5.02 Å². The first-order valence-electron chi connectivity index (χ1n) is 6.40. The molecule has 1 heterocycles. The summed E-state index contributed by atoms with van der Waals surface area (Å²) < 4.78 is 0. The summed E-state index contributed by atoms with van der Waals surface area (Å²) in [7, 11) is 2.04. The first-order valence-corrected chi connectivity index (χ1v) is 6.78. The predicted octanol–water partition coefficient (Wildman–Crippen LogP) is 2.94. The van der Waals surface area contributed by atoms with Crippen LogP contribution in [-0.4, -0.2) is 31.6 Å². The highest BCUT2D eigenvalue weighted by atomic mass is 35.5. The van der Waals surface area contributed by atoms with E-state index in [1.807, 2.05) is 19.2 Å². The molecule has 0 aliphatic carbocycles. The van der Waals surface area contributed by atoms with Crippen LogP contribution >= 0.6 is 11.6 Å². The molecule has 2 unspecified atom stereocenters. The van der Waals surface area contributed by atoms with E-state index < -0.39 is 0 Å². The molecule has 1 aromatic carbocycles. The lowest BCUT2D eigenvalue weighted by Gasteiger charge is -2.27. The van der Waals surface area contributed by atoms with Crippen molar-refractivity contribution in [3.63, 3.8) is 0 Å². The molecule has 2 rings (SSSR count). The molecule has 17 heavy (non-hydrogen) atoms. The molecular weight excluding hydrogens is 232 g/mol. The third-order valence-electron chi connectivity index (χ3n) is 3.71. The Kier molecular flexibility index (Phi) is 4.43. The van der Waals surface area contributed by atoms with Crippen molar-refractivity contribution in [1.82, 2.24) is 10.2 Å². The van der Waals surface area contributed by atoms with E-state index in [9.17, 15) is 0 Å². The van der Waals surface area contributed by atoms with Gasteiger partial charge in [-0.15, -0.1) is 0 Å². The molecule has 0 radical (unpaired) electrons. The van der Waals surface area contributed by atoms with Crippen LogP contribution in [0, 0.1) is 5.92 Å². The number of hydrogen-bond acceptors (Lipinski definition) is 2. The highest BCUT2D eigenvalue weighted by molar-refractivity contribution is 6.30. The predicted molar refractivity (Wildman–Crippen MR) is 73.5 cm³/mol. The van der Waals surface area contributed by atoms with E-state index in [2.05, 4.69) is 29.3 Å². The number of halogens is 1. The van der Waals surface area contributed by atoms with Gasteiger partial charge in [0.25, 0.3) is 0 Å². The van der Waals surface area contributed by atoms with Crippen molar-refractivity contribution in [2.24, 2.45) is 5.92 Å². The van der Waals surface area contributed by atoms with Gasteiger partial charge in [-0.1, -0.05) is 30.7 Å². The number of rotatable bonds is 4. The van der Waals surface area contributed by atoms with E-state index in [4.69, 9.17) is 11.6 Å². The molecule has 0 amide bonds. The summed E-state index contributed by atoms with van der Waals surface area (Å²) in [6.07, 6.45) is 1.28. The molecule has 0 aromatic heterocycles. The topological polar surface area (TPSA) is 15.3 Å². The molecule has 94 valence electrons. The average molecular weight is 253 g/mol. The maximum atomic E-state index is 5.96. The Bertz CT molecular complexity index is 350. The van der Waals surface area contributed by atoms with Crippen molar-refractivity contribution in [1.29, 1.82) is 0 Å². The third-order valence-corrected chi connectivity index (χ3v) is 3.96. The summed E-state index contributed by atoms with van der Waals surface area (Å²) in [5.41, 5.74) is 1.40. The fourth-order valence-corrected chi connectivity index (χ4v) is 3.03. The zero-order valence-corrected chi connectivity index (χ0v) is 11.4. The first kappa shape index (κ1) is 12.9. The largest absolute Gasteiger partial charge is 0.319 e. The first-order chi connectivity index (χ1) is 8.26. The van der Waals surface area contributed by atoms with Crippen molar-refractivity contribution >= 4 is 11.6 Å². The van der Waals surface area contributed by atoms with Gasteiger partial charge in [-0.3, -0.25) is 4.90 Å². The molecule has 2 atom stereocenters. The van der Waals surface area contributed by atoms with Crippen LogP contribution in [0.25, 0.3) is 0 Å². The minimum Gasteiger partial charge on any atom is -0.319 e. The molecule has 1 aromatic rings. The molecular formula is C14H21ClN2. The van der Waals surface area contributed by atoms with Gasteiger partial charge in [0.15, 0.2) is 0 Å². The lowest BCUT2D eigenvalue weighted by molar-refractivity contribution is 0.238. The summed E-state index contributed by atoms with van der Waals surface area (Å²) in [5, 5.41) is 4.13. The van der Waals surface area contributed by atoms with Gasteiger partial charge in [-0.05, 0) is 56.7 Å². The zero-order chi connectivity index (χ0) is 12.3. The fourth-order valence-electron chi connectivity index (χ4n) is 2.90. The maximum Gasteiger partial charge on any atom is 0.0406 e. The maximum absolute atomic E-state index is 5.96. The second kappa shape index (κ2) is 5.85. The Morgan fingerprint density at radius 1 is 1.35 bits per heavy atom. The lowest BCUT2D eigenvalue weighted by atomic mass is 9.93. The van der Waals surface area contributed by atoms with E-state index in [1.165, 1.54) is 18.5 Å². The van der Waals surface area contributed by atoms with Gasteiger partial charge >= 0.3 is 0 Å². The number of benzene rings is 1. The summed E-state index contributed by atoms with van der Waals surface area (Å²) in [4.78, 5) is 2.56. The molecule has 0 spiro atoms. The highest BCUT2D eigenvalue weighted by Crippen LogP contribution is 2.36. The molecule has 3 heteroatoms. The number of nitrogens with one attached hydrogen (secondary N) is 1. The van der Waals surface area contributed by atoms with E-state index >= 15 is 0 Å². The highest BCUT2D eigenvalue weighted by Gasteiger charge is 2.33. The van der Waals surface area contributed by atoms with Gasteiger partial charge in [0.05, 0.1) is 0 Å². The van der Waals surface area contributed by atoms with Gasteiger partial charge in [0.2, 0.25) is 0 Å². The second-order valence-corrected chi connectivity index (χ2v) is 5.17. The van der Waals surface area contributed by atoms with Crippen LogP contribution in [0.15, 0.2) is 24.3 Å². The van der Waals surface area contributed by atoms with Gasteiger partial charge in [0, 0.05) is 11.1 Å². The standard InChI is InChI=1S/C14H21ClN2/c1-3-17-9-8-12(10-16-2)14(17)11-4-6-13(15)7-5-11/h4-7,12,14,16H,3,8-10H2,1-2H3. The minimum absolute atomic E-state index is 0.546. The van der Waals surface area contributed by atoms with E-state index in [-0.39, 0.29) is 0 Å². The quantitative estimate of drug-likeness (QED) is 0.887. The third kappa shape index (κ3) is 2.82. The molecule has 1 N–H and O–H groups in total. The minimum atomic E-state index is 0.546. The normalized spacial score (nSPS) is 25.4. The van der Waals surface area contributed by atoms with E-state index in [0.29, 0.717) is 12.0 Å². The Morgan fingerprint density at radius 3 is 2.65 bits per heavy atom. The van der Waals surface area contributed by atoms with Crippen LogP contribution in [-0.2, 0) is 0 Å². The zero-order valence-electron chi connectivity index (χ0n) is 10.6. The Balaban J connectivity index is 2.21. The van der Waals surface area contributed by atoms with Crippen molar-refractivity contribution in [3.8, 4) is 0 Å². The van der Waals surface area contributed by atoms with Crippen LogP contribution in [0.3, 0.4) is 0 Å². The summed E-state index contributed by atoms with van der Waals surface area (Å²) >= 11 is 5.96. The van der Waals surface area contributed by atoms with Gasteiger partial charge in [-0.25, -0.2) is 0 Å². The second-order valence-electron chi connectivity index (χ2n) is 4.73. The molecule has 1 aliphatic heterocycles. The van der Waals surface area contributed by atoms with E-state index in [0.717, 1.165) is 18.1 Å². The Hall–Kier alpha value is -0.570. The molecule has 1 saturated heterocycles. The SMILES string of the molecule is CCN1CCC(CNC)C1c1ccc(Cl)cc1. The smallest absolute Gasteiger partial charge is 0.0406 e. The average Bonchev–Trinajstić information content (AvgIpc) is 2.74. The molecule has 0 saturated carbocycles.